The van der Waals surface area contributed by atoms with Gasteiger partial charge in [0.2, 0.25) is 0 Å². The molecule has 2 amide bonds. The molecule has 0 spiro atoms. The zero-order valence-corrected chi connectivity index (χ0v) is 15.9. The molecule has 0 radical (unpaired) electrons. The number of hydrogen-bond donors (Lipinski definition) is 1. The second-order valence-corrected chi connectivity index (χ2v) is 6.77. The van der Waals surface area contributed by atoms with Crippen molar-refractivity contribution in [1.82, 2.24) is 4.90 Å². The number of carbonyl (C=O) groups is 2. The SMILES string of the molecule is Cc1cccc(C(=O)Nc2ccc(Cl)c(C(=O)N(C)C)c2)c1I. The molecule has 2 aromatic rings. The fourth-order valence-electron chi connectivity index (χ4n) is 2.03. The predicted molar refractivity (Wildman–Crippen MR) is 101 cm³/mol. The van der Waals surface area contributed by atoms with Gasteiger partial charge in [-0.05, 0) is 59.3 Å². The second-order valence-electron chi connectivity index (χ2n) is 5.28. The molecule has 0 heterocycles. The van der Waals surface area contributed by atoms with Crippen molar-refractivity contribution >= 4 is 51.7 Å². The van der Waals surface area contributed by atoms with Gasteiger partial charge in [0.15, 0.2) is 0 Å². The number of nitrogens with one attached hydrogen (secondary N) is 1. The number of carbonyl (C=O) groups excluding carboxylic acids is 2. The van der Waals surface area contributed by atoms with Gasteiger partial charge in [-0.25, -0.2) is 0 Å². The molecule has 23 heavy (non-hydrogen) atoms. The van der Waals surface area contributed by atoms with Gasteiger partial charge in [-0.15, -0.1) is 0 Å². The van der Waals surface area contributed by atoms with Crippen molar-refractivity contribution in [3.63, 3.8) is 0 Å². The summed E-state index contributed by atoms with van der Waals surface area (Å²) in [7, 11) is 3.30. The molecule has 0 aliphatic rings. The van der Waals surface area contributed by atoms with Crippen LogP contribution < -0.4 is 5.32 Å². The van der Waals surface area contributed by atoms with E-state index >= 15 is 0 Å². The molecule has 0 atom stereocenters. The maximum Gasteiger partial charge on any atom is 0.256 e. The predicted octanol–water partition coefficient (Wildman–Crippen LogP) is 4.21. The number of rotatable bonds is 3. The van der Waals surface area contributed by atoms with E-state index in [0.717, 1.165) is 9.13 Å². The quantitative estimate of drug-likeness (QED) is 0.724. The van der Waals surface area contributed by atoms with E-state index in [-0.39, 0.29) is 11.8 Å². The van der Waals surface area contributed by atoms with Crippen LogP contribution in [0.15, 0.2) is 36.4 Å². The average Bonchev–Trinajstić information content (AvgIpc) is 2.51. The van der Waals surface area contributed by atoms with Gasteiger partial charge in [-0.2, -0.15) is 0 Å². The van der Waals surface area contributed by atoms with Crippen molar-refractivity contribution in [2.75, 3.05) is 19.4 Å². The largest absolute Gasteiger partial charge is 0.345 e. The monoisotopic (exact) mass is 442 g/mol. The van der Waals surface area contributed by atoms with E-state index < -0.39 is 0 Å². The van der Waals surface area contributed by atoms with Crippen molar-refractivity contribution in [1.29, 1.82) is 0 Å². The van der Waals surface area contributed by atoms with Crippen LogP contribution in [0.3, 0.4) is 0 Å². The molecule has 0 fully saturated rings. The zero-order valence-electron chi connectivity index (χ0n) is 13.0. The smallest absolute Gasteiger partial charge is 0.256 e. The fourth-order valence-corrected chi connectivity index (χ4v) is 2.83. The number of hydrogen-bond acceptors (Lipinski definition) is 2. The molecular weight excluding hydrogens is 427 g/mol. The normalized spacial score (nSPS) is 10.3. The molecule has 1 N–H and O–H groups in total. The minimum Gasteiger partial charge on any atom is -0.345 e. The Hall–Kier alpha value is -1.60. The lowest BCUT2D eigenvalue weighted by Gasteiger charge is -2.14. The number of halogens is 2. The summed E-state index contributed by atoms with van der Waals surface area (Å²) in [4.78, 5) is 26.0. The standard InChI is InChI=1S/C17H16ClIN2O2/c1-10-5-4-6-12(15(10)19)16(22)20-11-7-8-14(18)13(9-11)17(23)21(2)3/h4-9H,1-3H3,(H,20,22). The number of aryl methyl sites for hydroxylation is 1. The van der Waals surface area contributed by atoms with Crippen LogP contribution >= 0.6 is 34.2 Å². The third kappa shape index (κ3) is 4.03. The zero-order chi connectivity index (χ0) is 17.1. The lowest BCUT2D eigenvalue weighted by atomic mass is 10.1. The highest BCUT2D eigenvalue weighted by Gasteiger charge is 2.15. The molecule has 2 aromatic carbocycles. The van der Waals surface area contributed by atoms with Crippen molar-refractivity contribution in [2.45, 2.75) is 6.92 Å². The minimum atomic E-state index is -0.219. The molecule has 0 bridgehead atoms. The molecule has 0 aromatic heterocycles. The van der Waals surface area contributed by atoms with Crippen LogP contribution in [0.4, 0.5) is 5.69 Å². The Morgan fingerprint density at radius 2 is 1.83 bits per heavy atom. The molecule has 4 nitrogen and oxygen atoms in total. The summed E-state index contributed by atoms with van der Waals surface area (Å²) in [6, 6.07) is 10.4. The summed E-state index contributed by atoms with van der Waals surface area (Å²) < 4.78 is 0.904. The highest BCUT2D eigenvalue weighted by molar-refractivity contribution is 14.1. The van der Waals surface area contributed by atoms with E-state index in [4.69, 9.17) is 11.6 Å². The van der Waals surface area contributed by atoms with Gasteiger partial charge in [0, 0.05) is 23.4 Å². The molecule has 0 saturated carbocycles. The van der Waals surface area contributed by atoms with Crippen LogP contribution in [0.1, 0.15) is 26.3 Å². The lowest BCUT2D eigenvalue weighted by molar-refractivity contribution is 0.0827. The summed E-state index contributed by atoms with van der Waals surface area (Å²) in [5.74, 6) is -0.431. The molecule has 6 heteroatoms. The van der Waals surface area contributed by atoms with Crippen LogP contribution in [-0.2, 0) is 0 Å². The first-order chi connectivity index (χ1) is 10.8. The van der Waals surface area contributed by atoms with E-state index in [1.807, 2.05) is 19.1 Å². The van der Waals surface area contributed by atoms with E-state index in [1.54, 1.807) is 38.4 Å². The Balaban J connectivity index is 2.30. The van der Waals surface area contributed by atoms with E-state index in [9.17, 15) is 9.59 Å². The lowest BCUT2D eigenvalue weighted by Crippen LogP contribution is -2.22. The van der Waals surface area contributed by atoms with E-state index in [2.05, 4.69) is 27.9 Å². The topological polar surface area (TPSA) is 49.4 Å². The number of anilines is 1. The Bertz CT molecular complexity index is 775. The van der Waals surface area contributed by atoms with E-state index in [0.29, 0.717) is 21.8 Å². The molecular formula is C17H16ClIN2O2. The van der Waals surface area contributed by atoms with Gasteiger partial charge in [0.1, 0.15) is 0 Å². The second kappa shape index (κ2) is 7.31. The summed E-state index contributed by atoms with van der Waals surface area (Å²) in [6.45, 7) is 1.95. The Morgan fingerprint density at radius 3 is 2.48 bits per heavy atom. The molecule has 2 rings (SSSR count). The van der Waals surface area contributed by atoms with Gasteiger partial charge in [-0.3, -0.25) is 9.59 Å². The van der Waals surface area contributed by atoms with Crippen molar-refractivity contribution in [3.8, 4) is 0 Å². The number of benzene rings is 2. The average molecular weight is 443 g/mol. The summed E-state index contributed by atoms with van der Waals surface area (Å²) in [6.07, 6.45) is 0. The van der Waals surface area contributed by atoms with Crippen LogP contribution in [-0.4, -0.2) is 30.8 Å². The van der Waals surface area contributed by atoms with Gasteiger partial charge in [0.05, 0.1) is 16.1 Å². The van der Waals surface area contributed by atoms with Crippen molar-refractivity contribution in [2.24, 2.45) is 0 Å². The van der Waals surface area contributed by atoms with Gasteiger partial charge in [-0.1, -0.05) is 23.7 Å². The molecule has 0 unspecified atom stereocenters. The van der Waals surface area contributed by atoms with Crippen LogP contribution in [0.25, 0.3) is 0 Å². The summed E-state index contributed by atoms with van der Waals surface area (Å²) >= 11 is 8.22. The highest BCUT2D eigenvalue weighted by atomic mass is 127. The summed E-state index contributed by atoms with van der Waals surface area (Å²) in [5, 5.41) is 3.17. The van der Waals surface area contributed by atoms with Crippen molar-refractivity contribution < 1.29 is 9.59 Å². The van der Waals surface area contributed by atoms with Crippen molar-refractivity contribution in [3.05, 3.63) is 61.7 Å². The van der Waals surface area contributed by atoms with Crippen LogP contribution in [0.5, 0.6) is 0 Å². The fraction of sp³-hybridized carbons (Fsp3) is 0.176. The first-order valence-electron chi connectivity index (χ1n) is 6.89. The third-order valence-electron chi connectivity index (χ3n) is 3.30. The first-order valence-corrected chi connectivity index (χ1v) is 8.34. The van der Waals surface area contributed by atoms with Gasteiger partial charge >= 0.3 is 0 Å². The minimum absolute atomic E-state index is 0.212. The number of amides is 2. The Labute approximate surface area is 154 Å². The maximum atomic E-state index is 12.4. The van der Waals surface area contributed by atoms with Crippen LogP contribution in [0, 0.1) is 10.5 Å². The molecule has 0 saturated heterocycles. The molecule has 120 valence electrons. The van der Waals surface area contributed by atoms with E-state index in [1.165, 1.54) is 4.90 Å². The Kier molecular flexibility index (Phi) is 5.64. The van der Waals surface area contributed by atoms with Gasteiger partial charge < -0.3 is 10.2 Å². The maximum absolute atomic E-state index is 12.4. The molecule has 0 aliphatic heterocycles. The number of nitrogens with zero attached hydrogens (tertiary/aromatic N) is 1. The Morgan fingerprint density at radius 1 is 1.13 bits per heavy atom. The summed E-state index contributed by atoms with van der Waals surface area (Å²) in [5.41, 5.74) is 2.52. The third-order valence-corrected chi connectivity index (χ3v) is 5.06. The van der Waals surface area contributed by atoms with Crippen LogP contribution in [0.2, 0.25) is 5.02 Å². The molecule has 0 aliphatic carbocycles. The highest BCUT2D eigenvalue weighted by Crippen LogP contribution is 2.23. The van der Waals surface area contributed by atoms with Gasteiger partial charge in [0.25, 0.3) is 11.8 Å². The first kappa shape index (κ1) is 17.7.